The predicted octanol–water partition coefficient (Wildman–Crippen LogP) is 4.26. The minimum absolute atomic E-state index is 0.00827. The lowest BCUT2D eigenvalue weighted by Crippen LogP contribution is -2.17. The van der Waals surface area contributed by atoms with E-state index >= 15 is 0 Å². The van der Waals surface area contributed by atoms with E-state index in [0.717, 1.165) is 22.7 Å². The van der Waals surface area contributed by atoms with Crippen molar-refractivity contribution in [3.05, 3.63) is 48.0 Å². The van der Waals surface area contributed by atoms with E-state index < -0.39 is 0 Å². The summed E-state index contributed by atoms with van der Waals surface area (Å²) in [6.45, 7) is 4.03. The van der Waals surface area contributed by atoms with E-state index in [2.05, 4.69) is 48.1 Å². The molecule has 0 saturated carbocycles. The number of carbonyl (C=O) groups is 1. The highest BCUT2D eigenvalue weighted by molar-refractivity contribution is 5.96. The van der Waals surface area contributed by atoms with Gasteiger partial charge in [-0.1, -0.05) is 17.7 Å². The summed E-state index contributed by atoms with van der Waals surface area (Å²) in [6.07, 6.45) is 0.215. The summed E-state index contributed by atoms with van der Waals surface area (Å²) in [5.74, 6) is 0.740. The van der Waals surface area contributed by atoms with E-state index in [9.17, 15) is 4.79 Å². The number of hydrogen-bond donors (Lipinski definition) is 1. The van der Waals surface area contributed by atoms with Gasteiger partial charge in [-0.05, 0) is 44.2 Å². The molecule has 1 aromatic heterocycles. The van der Waals surface area contributed by atoms with Crippen LogP contribution < -0.4 is 10.1 Å². The fourth-order valence-electron chi connectivity index (χ4n) is 3.40. The van der Waals surface area contributed by atoms with Crippen LogP contribution in [0.5, 0.6) is 5.75 Å². The molecule has 4 nitrogen and oxygen atoms in total. The molecule has 1 aliphatic heterocycles. The number of para-hydroxylation sites is 1. The molecule has 1 aliphatic rings. The van der Waals surface area contributed by atoms with Crippen molar-refractivity contribution in [2.75, 3.05) is 5.32 Å². The molecule has 1 atom stereocenters. The second kappa shape index (κ2) is 5.41. The van der Waals surface area contributed by atoms with E-state index in [4.69, 9.17) is 4.74 Å². The van der Waals surface area contributed by atoms with Gasteiger partial charge in [0.1, 0.15) is 6.10 Å². The molecule has 4 heteroatoms. The first-order valence-corrected chi connectivity index (χ1v) is 8.19. The van der Waals surface area contributed by atoms with Gasteiger partial charge in [0.15, 0.2) is 5.75 Å². The molecule has 3 aromatic rings. The molecular formula is C20H20N2O2. The minimum Gasteiger partial charge on any atom is -0.487 e. The van der Waals surface area contributed by atoms with Gasteiger partial charge in [0.25, 0.3) is 0 Å². The Morgan fingerprint density at radius 1 is 1.21 bits per heavy atom. The molecule has 4 rings (SSSR count). The molecular weight excluding hydrogens is 300 g/mol. The number of nitrogens with zero attached hydrogens (tertiary/aromatic N) is 1. The highest BCUT2D eigenvalue weighted by Crippen LogP contribution is 2.40. The number of ether oxygens (including phenoxy) is 1. The maximum atomic E-state index is 12.0. The lowest BCUT2D eigenvalue weighted by molar-refractivity contribution is -0.117. The molecule has 1 amide bonds. The highest BCUT2D eigenvalue weighted by Gasteiger charge is 2.23. The van der Waals surface area contributed by atoms with Crippen LogP contribution in [0, 0.1) is 6.92 Å². The predicted molar refractivity (Wildman–Crippen MR) is 96.4 cm³/mol. The van der Waals surface area contributed by atoms with Crippen LogP contribution in [-0.2, 0) is 11.8 Å². The smallest absolute Gasteiger partial charge is 0.228 e. The Bertz CT molecular complexity index is 956. The zero-order valence-corrected chi connectivity index (χ0v) is 14.1. The van der Waals surface area contributed by atoms with Crippen molar-refractivity contribution in [1.29, 1.82) is 0 Å². The van der Waals surface area contributed by atoms with Crippen LogP contribution >= 0.6 is 0 Å². The maximum Gasteiger partial charge on any atom is 0.228 e. The van der Waals surface area contributed by atoms with Crippen LogP contribution in [0.1, 0.15) is 18.9 Å². The molecule has 122 valence electrons. The first-order chi connectivity index (χ1) is 11.5. The molecule has 0 aliphatic carbocycles. The van der Waals surface area contributed by atoms with Crippen LogP contribution in [0.25, 0.3) is 22.2 Å². The number of rotatable bonds is 1. The molecule has 0 unspecified atom stereocenters. The molecule has 1 N–H and O–H groups in total. The number of anilines is 1. The second-order valence-corrected chi connectivity index (χ2v) is 6.51. The number of fused-ring (bicyclic) bond motifs is 2. The van der Waals surface area contributed by atoms with E-state index in [1.165, 1.54) is 16.5 Å². The third-order valence-electron chi connectivity index (χ3n) is 4.55. The summed E-state index contributed by atoms with van der Waals surface area (Å²) >= 11 is 0. The van der Waals surface area contributed by atoms with Crippen LogP contribution in [-0.4, -0.2) is 16.6 Å². The van der Waals surface area contributed by atoms with Crippen molar-refractivity contribution in [2.24, 2.45) is 7.05 Å². The highest BCUT2D eigenvalue weighted by atomic mass is 16.5. The average molecular weight is 320 g/mol. The normalized spacial score (nSPS) is 17.1. The zero-order chi connectivity index (χ0) is 16.8. The summed E-state index contributed by atoms with van der Waals surface area (Å²) in [5.41, 5.74) is 5.24. The van der Waals surface area contributed by atoms with E-state index in [1.807, 2.05) is 25.1 Å². The third kappa shape index (κ3) is 2.35. The molecule has 0 radical (unpaired) electrons. The fraction of sp³-hybridized carbons (Fsp3) is 0.250. The second-order valence-electron chi connectivity index (χ2n) is 6.51. The molecule has 0 bridgehead atoms. The summed E-state index contributed by atoms with van der Waals surface area (Å²) < 4.78 is 8.26. The van der Waals surface area contributed by atoms with Crippen molar-refractivity contribution in [3.63, 3.8) is 0 Å². The summed E-state index contributed by atoms with van der Waals surface area (Å²) in [4.78, 5) is 12.0. The molecule has 0 saturated heterocycles. The van der Waals surface area contributed by atoms with Gasteiger partial charge in [0.05, 0.1) is 17.8 Å². The Labute approximate surface area is 141 Å². The quantitative estimate of drug-likeness (QED) is 0.728. The van der Waals surface area contributed by atoms with Crippen LogP contribution in [0.3, 0.4) is 0 Å². The summed E-state index contributed by atoms with van der Waals surface area (Å²) in [5, 5.41) is 4.16. The van der Waals surface area contributed by atoms with Gasteiger partial charge >= 0.3 is 0 Å². The third-order valence-corrected chi connectivity index (χ3v) is 4.55. The Morgan fingerprint density at radius 2 is 2.04 bits per heavy atom. The standard InChI is InChI=1S/C20H20N2O2/c1-12-7-8-17-14(9-12)11-18(22(17)3)15-5-4-6-16-20(15)24-13(2)10-19(23)21-16/h4-9,11,13H,10H2,1-3H3,(H,21,23)/t13-/m1/s1. The minimum atomic E-state index is -0.149. The van der Waals surface area contributed by atoms with Gasteiger partial charge in [-0.3, -0.25) is 4.79 Å². The van der Waals surface area contributed by atoms with Crippen molar-refractivity contribution >= 4 is 22.5 Å². The topological polar surface area (TPSA) is 43.3 Å². The van der Waals surface area contributed by atoms with E-state index in [1.54, 1.807) is 0 Å². The number of benzene rings is 2. The van der Waals surface area contributed by atoms with E-state index in [0.29, 0.717) is 6.42 Å². The maximum absolute atomic E-state index is 12.0. The molecule has 0 spiro atoms. The molecule has 0 fully saturated rings. The van der Waals surface area contributed by atoms with Gasteiger partial charge in [0.2, 0.25) is 5.91 Å². The summed E-state index contributed by atoms with van der Waals surface area (Å²) in [6, 6.07) is 14.5. The van der Waals surface area contributed by atoms with Gasteiger partial charge < -0.3 is 14.6 Å². The SMILES string of the molecule is Cc1ccc2c(c1)cc(-c1cccc3c1O[C@H](C)CC(=O)N3)n2C. The first kappa shape index (κ1) is 14.8. The number of hydrogen-bond acceptors (Lipinski definition) is 2. The number of nitrogens with one attached hydrogen (secondary N) is 1. The number of aromatic nitrogens is 1. The Kier molecular flexibility index (Phi) is 3.34. The van der Waals surface area contributed by atoms with Gasteiger partial charge in [-0.2, -0.15) is 0 Å². The van der Waals surface area contributed by atoms with Crippen molar-refractivity contribution < 1.29 is 9.53 Å². The average Bonchev–Trinajstić information content (AvgIpc) is 2.75. The molecule has 2 aromatic carbocycles. The van der Waals surface area contributed by atoms with Gasteiger partial charge in [-0.15, -0.1) is 0 Å². The molecule has 24 heavy (non-hydrogen) atoms. The zero-order valence-electron chi connectivity index (χ0n) is 14.1. The van der Waals surface area contributed by atoms with Crippen molar-refractivity contribution in [1.82, 2.24) is 4.57 Å². The Morgan fingerprint density at radius 3 is 2.88 bits per heavy atom. The number of amides is 1. The van der Waals surface area contributed by atoms with Crippen LogP contribution in [0.2, 0.25) is 0 Å². The number of carbonyl (C=O) groups excluding carboxylic acids is 1. The van der Waals surface area contributed by atoms with Gasteiger partial charge in [-0.25, -0.2) is 0 Å². The van der Waals surface area contributed by atoms with Crippen LogP contribution in [0.4, 0.5) is 5.69 Å². The fourth-order valence-corrected chi connectivity index (χ4v) is 3.40. The van der Waals surface area contributed by atoms with E-state index in [-0.39, 0.29) is 12.0 Å². The first-order valence-electron chi connectivity index (χ1n) is 8.19. The lowest BCUT2D eigenvalue weighted by atomic mass is 10.1. The van der Waals surface area contributed by atoms with Crippen molar-refractivity contribution in [3.8, 4) is 17.0 Å². The lowest BCUT2D eigenvalue weighted by Gasteiger charge is -2.16. The van der Waals surface area contributed by atoms with Crippen LogP contribution in [0.15, 0.2) is 42.5 Å². The molecule has 2 heterocycles. The Hall–Kier alpha value is -2.75. The number of aryl methyl sites for hydroxylation is 2. The largest absolute Gasteiger partial charge is 0.487 e. The summed E-state index contributed by atoms with van der Waals surface area (Å²) in [7, 11) is 2.06. The Balaban J connectivity index is 1.93. The monoisotopic (exact) mass is 320 g/mol. The van der Waals surface area contributed by atoms with Gasteiger partial charge in [0, 0.05) is 23.5 Å². The van der Waals surface area contributed by atoms with Crippen molar-refractivity contribution in [2.45, 2.75) is 26.4 Å².